The lowest BCUT2D eigenvalue weighted by molar-refractivity contribution is -0.870. The number of hydrogen-bond donors (Lipinski definition) is 0. The molecule has 0 aromatic carbocycles. The molecule has 0 aliphatic heterocycles. The van der Waals surface area contributed by atoms with Gasteiger partial charge >= 0.3 is 11.9 Å². The summed E-state index contributed by atoms with van der Waals surface area (Å²) in [5.74, 6) is -0.924. The molecular weight excluding hydrogens is 834 g/mol. The Labute approximate surface area is 400 Å². The second-order valence-electron chi connectivity index (χ2n) is 18.9. The van der Waals surface area contributed by atoms with Crippen LogP contribution in [0.3, 0.4) is 0 Å². The van der Waals surface area contributed by atoms with Crippen LogP contribution >= 0.6 is 7.82 Å². The number of esters is 2. The lowest BCUT2D eigenvalue weighted by Crippen LogP contribution is -2.37. The molecular formula is C55H100NO8P. The number of phosphoric ester groups is 1. The fourth-order valence-corrected chi connectivity index (χ4v) is 7.90. The average Bonchev–Trinajstić information content (AvgIpc) is 3.26. The first-order chi connectivity index (χ1) is 31.5. The van der Waals surface area contributed by atoms with Crippen molar-refractivity contribution in [2.24, 2.45) is 0 Å². The molecule has 0 aliphatic rings. The third-order valence-electron chi connectivity index (χ3n) is 11.3. The van der Waals surface area contributed by atoms with Gasteiger partial charge in [0, 0.05) is 12.8 Å². The number of ether oxygens (including phenoxy) is 2. The number of quaternary nitrogens is 1. The van der Waals surface area contributed by atoms with Crippen molar-refractivity contribution in [2.45, 2.75) is 232 Å². The molecule has 0 aromatic heterocycles. The zero-order chi connectivity index (χ0) is 47.8. The molecule has 0 fully saturated rings. The Morgan fingerprint density at radius 3 is 1.29 bits per heavy atom. The molecule has 0 spiro atoms. The molecule has 0 saturated heterocycles. The Morgan fingerprint density at radius 1 is 0.477 bits per heavy atom. The number of phosphoric acid groups is 1. The summed E-state index contributed by atoms with van der Waals surface area (Å²) < 4.78 is 34.0. The van der Waals surface area contributed by atoms with Crippen LogP contribution in [0.25, 0.3) is 0 Å². The first-order valence-corrected chi connectivity index (χ1v) is 28.0. The number of carbonyl (C=O) groups excluding carboxylic acids is 2. The van der Waals surface area contributed by atoms with Crippen molar-refractivity contribution in [1.29, 1.82) is 0 Å². The van der Waals surface area contributed by atoms with Gasteiger partial charge in [0.2, 0.25) is 0 Å². The van der Waals surface area contributed by atoms with Gasteiger partial charge < -0.3 is 27.9 Å². The van der Waals surface area contributed by atoms with Crippen molar-refractivity contribution in [3.05, 3.63) is 60.8 Å². The SMILES string of the molecule is CCCCC/C=C/C/C=C/C/C=C/C/C=C/C/C=C/CCC(=O)OC[C@H](COP(=O)([O-])OCC[N+](C)(C)C)OC(=O)CCCCCCCCCCCCCCCCCCCCCCCC. The van der Waals surface area contributed by atoms with E-state index < -0.39 is 32.5 Å². The van der Waals surface area contributed by atoms with Gasteiger partial charge in [0.15, 0.2) is 6.10 Å². The van der Waals surface area contributed by atoms with Crippen LogP contribution in [0.5, 0.6) is 0 Å². The Hall–Kier alpha value is -2.29. The molecule has 65 heavy (non-hydrogen) atoms. The second-order valence-corrected chi connectivity index (χ2v) is 20.3. The number of allylic oxidation sites excluding steroid dienone is 10. The first kappa shape index (κ1) is 62.7. The summed E-state index contributed by atoms with van der Waals surface area (Å²) >= 11 is 0. The van der Waals surface area contributed by atoms with Crippen LogP contribution in [0.2, 0.25) is 0 Å². The molecule has 0 radical (unpaired) electrons. The predicted octanol–water partition coefficient (Wildman–Crippen LogP) is 15.3. The summed E-state index contributed by atoms with van der Waals surface area (Å²) in [6.45, 7) is 4.14. The molecule has 10 heteroatoms. The van der Waals surface area contributed by atoms with E-state index in [0.717, 1.165) is 44.9 Å². The summed E-state index contributed by atoms with van der Waals surface area (Å²) in [5, 5.41) is 0. The highest BCUT2D eigenvalue weighted by Crippen LogP contribution is 2.38. The quantitative estimate of drug-likeness (QED) is 0.0195. The van der Waals surface area contributed by atoms with Crippen LogP contribution in [0.15, 0.2) is 60.8 Å². The summed E-state index contributed by atoms with van der Waals surface area (Å²) in [7, 11) is 1.13. The van der Waals surface area contributed by atoms with Crippen LogP contribution in [0.4, 0.5) is 0 Å². The van der Waals surface area contributed by atoms with E-state index in [1.54, 1.807) is 0 Å². The van der Waals surface area contributed by atoms with Gasteiger partial charge in [-0.2, -0.15) is 0 Å². The van der Waals surface area contributed by atoms with Gasteiger partial charge in [-0.1, -0.05) is 222 Å². The van der Waals surface area contributed by atoms with Gasteiger partial charge in [-0.3, -0.25) is 14.2 Å². The van der Waals surface area contributed by atoms with Crippen LogP contribution in [0, 0.1) is 0 Å². The zero-order valence-electron chi connectivity index (χ0n) is 42.7. The third kappa shape index (κ3) is 51.0. The van der Waals surface area contributed by atoms with Crippen LogP contribution in [-0.2, 0) is 32.7 Å². The lowest BCUT2D eigenvalue weighted by Gasteiger charge is -2.28. The average molecular weight is 934 g/mol. The van der Waals surface area contributed by atoms with E-state index in [1.807, 2.05) is 33.3 Å². The number of nitrogens with zero attached hydrogens (tertiary/aromatic N) is 1. The predicted molar refractivity (Wildman–Crippen MR) is 273 cm³/mol. The van der Waals surface area contributed by atoms with Gasteiger partial charge in [-0.25, -0.2) is 0 Å². The van der Waals surface area contributed by atoms with Crippen molar-refractivity contribution in [1.82, 2.24) is 0 Å². The van der Waals surface area contributed by atoms with Crippen molar-refractivity contribution in [3.8, 4) is 0 Å². The van der Waals surface area contributed by atoms with Crippen molar-refractivity contribution in [2.75, 3.05) is 47.5 Å². The maximum atomic E-state index is 12.8. The Balaban J connectivity index is 4.31. The number of rotatable bonds is 48. The lowest BCUT2D eigenvalue weighted by atomic mass is 10.0. The third-order valence-corrected chi connectivity index (χ3v) is 12.3. The van der Waals surface area contributed by atoms with Gasteiger partial charge in [0.05, 0.1) is 27.7 Å². The van der Waals surface area contributed by atoms with Crippen LogP contribution in [-0.4, -0.2) is 70.0 Å². The van der Waals surface area contributed by atoms with E-state index >= 15 is 0 Å². The summed E-state index contributed by atoms with van der Waals surface area (Å²) in [6, 6.07) is 0. The monoisotopic (exact) mass is 934 g/mol. The number of hydrogen-bond acceptors (Lipinski definition) is 8. The van der Waals surface area contributed by atoms with E-state index in [1.165, 1.54) is 141 Å². The highest BCUT2D eigenvalue weighted by Gasteiger charge is 2.21. The number of likely N-dealkylation sites (N-methyl/N-ethyl adjacent to an activating group) is 1. The maximum absolute atomic E-state index is 12.8. The van der Waals surface area contributed by atoms with Crippen LogP contribution < -0.4 is 4.89 Å². The Morgan fingerprint density at radius 2 is 0.862 bits per heavy atom. The summed E-state index contributed by atoms with van der Waals surface area (Å²) in [5.41, 5.74) is 0. The van der Waals surface area contributed by atoms with Crippen molar-refractivity contribution < 1.29 is 42.1 Å². The smallest absolute Gasteiger partial charge is 0.306 e. The Kier molecular flexibility index (Phi) is 45.2. The van der Waals surface area contributed by atoms with Gasteiger partial charge in [0.1, 0.15) is 19.8 Å². The minimum Gasteiger partial charge on any atom is -0.756 e. The first-order valence-electron chi connectivity index (χ1n) is 26.5. The largest absolute Gasteiger partial charge is 0.756 e. The van der Waals surface area contributed by atoms with Gasteiger partial charge in [-0.15, -0.1) is 0 Å². The normalized spacial score (nSPS) is 13.9. The van der Waals surface area contributed by atoms with E-state index in [4.69, 9.17) is 18.5 Å². The van der Waals surface area contributed by atoms with Crippen LogP contribution in [0.1, 0.15) is 226 Å². The highest BCUT2D eigenvalue weighted by atomic mass is 31.2. The molecule has 0 aliphatic carbocycles. The molecule has 0 bridgehead atoms. The minimum absolute atomic E-state index is 0.0425. The fourth-order valence-electron chi connectivity index (χ4n) is 7.17. The molecule has 378 valence electrons. The van der Waals surface area contributed by atoms with E-state index in [2.05, 4.69) is 62.5 Å². The standard InChI is InChI=1S/C55H100NO8P/c1-6-8-10-12-14-16-18-20-22-24-26-27-28-30-32-34-36-38-40-42-44-46-48-55(58)64-53(52-63-65(59,60)62-50-49-56(3,4)5)51-61-54(57)47-45-43-41-39-37-35-33-31-29-25-23-21-19-17-15-13-11-9-7-2/h15,17,21,23,29,31,35,37,41,43,53H,6-14,16,18-20,22,24-28,30,32-34,36,38-40,42,44-52H2,1-5H3/b17-15+,23-21+,31-29+,37-35+,43-41+/t53-/m1/s1. The molecule has 2 atom stereocenters. The van der Waals surface area contributed by atoms with Crippen molar-refractivity contribution in [3.63, 3.8) is 0 Å². The minimum atomic E-state index is -4.65. The van der Waals surface area contributed by atoms with E-state index in [-0.39, 0.29) is 26.1 Å². The van der Waals surface area contributed by atoms with Crippen molar-refractivity contribution >= 4 is 19.8 Å². The molecule has 0 aromatic rings. The molecule has 0 saturated carbocycles. The molecule has 0 amide bonds. The summed E-state index contributed by atoms with van der Waals surface area (Å²) in [4.78, 5) is 37.7. The van der Waals surface area contributed by atoms with Gasteiger partial charge in [-0.05, 0) is 51.4 Å². The second kappa shape index (κ2) is 46.8. The molecule has 0 N–H and O–H groups in total. The molecule has 1 unspecified atom stereocenters. The summed E-state index contributed by atoms with van der Waals surface area (Å²) in [6.07, 6.45) is 58.4. The Bertz CT molecular complexity index is 1290. The highest BCUT2D eigenvalue weighted by molar-refractivity contribution is 7.45. The van der Waals surface area contributed by atoms with E-state index in [0.29, 0.717) is 23.9 Å². The fraction of sp³-hybridized carbons (Fsp3) is 0.782. The number of unbranched alkanes of at least 4 members (excludes halogenated alkanes) is 24. The van der Waals surface area contributed by atoms with Gasteiger partial charge in [0.25, 0.3) is 7.82 Å². The molecule has 0 heterocycles. The van der Waals surface area contributed by atoms with E-state index in [9.17, 15) is 19.0 Å². The molecule has 0 rings (SSSR count). The maximum Gasteiger partial charge on any atom is 0.306 e. The molecule has 9 nitrogen and oxygen atoms in total. The topological polar surface area (TPSA) is 111 Å². The number of carbonyl (C=O) groups is 2. The zero-order valence-corrected chi connectivity index (χ0v) is 43.6.